The third-order valence-corrected chi connectivity index (χ3v) is 3.11. The van der Waals surface area contributed by atoms with Crippen molar-refractivity contribution in [3.8, 4) is 0 Å². The van der Waals surface area contributed by atoms with Crippen LogP contribution in [0.1, 0.15) is 32.4 Å². The normalized spacial score (nSPS) is 14.9. The molecule has 0 saturated carbocycles. The van der Waals surface area contributed by atoms with E-state index in [0.717, 1.165) is 5.56 Å². The first-order chi connectivity index (χ1) is 9.36. The average molecular weight is 281 g/mol. The smallest absolute Gasteiger partial charge is 0.231 e. The molecule has 0 saturated heterocycles. The average Bonchev–Trinajstić information content (AvgIpc) is 2.38. The predicted octanol–water partition coefficient (Wildman–Crippen LogP) is 2.02. The monoisotopic (exact) mass is 281 g/mol. The fourth-order valence-corrected chi connectivity index (χ4v) is 1.98. The zero-order chi connectivity index (χ0) is 15.3. The molecule has 0 aliphatic heterocycles. The molecule has 0 aliphatic rings. The number of amidine groups is 1. The van der Waals surface area contributed by atoms with E-state index in [0.29, 0.717) is 0 Å². The second-order valence-corrected chi connectivity index (χ2v) is 5.03. The predicted molar refractivity (Wildman–Crippen MR) is 74.7 cm³/mol. The number of rotatable bonds is 5. The van der Waals surface area contributed by atoms with Gasteiger partial charge in [-0.3, -0.25) is 4.79 Å². The fraction of sp³-hybridized carbons (Fsp3) is 0.429. The highest BCUT2D eigenvalue weighted by atomic mass is 19.1. The number of carbonyl (C=O) groups is 1. The summed E-state index contributed by atoms with van der Waals surface area (Å²) in [5.41, 5.74) is 6.32. The van der Waals surface area contributed by atoms with Gasteiger partial charge in [-0.1, -0.05) is 31.1 Å². The van der Waals surface area contributed by atoms with E-state index in [-0.39, 0.29) is 29.5 Å². The van der Waals surface area contributed by atoms with Gasteiger partial charge in [-0.2, -0.15) is 0 Å². The first-order valence-corrected chi connectivity index (χ1v) is 6.40. The molecular formula is C14H20FN3O2. The lowest BCUT2D eigenvalue weighted by molar-refractivity contribution is -0.124. The molecule has 0 fully saturated rings. The Morgan fingerprint density at radius 1 is 1.30 bits per heavy atom. The SMILES string of the molecule is CC(NC(=O)C(C(N)=NO)C(C)C)c1ccc(F)cc1. The molecule has 5 nitrogen and oxygen atoms in total. The molecule has 0 aromatic heterocycles. The summed E-state index contributed by atoms with van der Waals surface area (Å²) < 4.78 is 12.9. The molecule has 0 radical (unpaired) electrons. The molecule has 2 unspecified atom stereocenters. The van der Waals surface area contributed by atoms with Crippen LogP contribution in [0.2, 0.25) is 0 Å². The van der Waals surface area contributed by atoms with E-state index < -0.39 is 5.92 Å². The molecule has 1 amide bonds. The summed E-state index contributed by atoms with van der Waals surface area (Å²) in [7, 11) is 0. The van der Waals surface area contributed by atoms with Gasteiger partial charge in [0.1, 0.15) is 11.7 Å². The van der Waals surface area contributed by atoms with Crippen LogP contribution in [-0.4, -0.2) is 17.0 Å². The van der Waals surface area contributed by atoms with E-state index in [1.165, 1.54) is 12.1 Å². The second-order valence-electron chi connectivity index (χ2n) is 5.03. The van der Waals surface area contributed by atoms with Gasteiger partial charge in [0.05, 0.1) is 6.04 Å². The molecule has 4 N–H and O–H groups in total. The summed E-state index contributed by atoms with van der Waals surface area (Å²) in [6.07, 6.45) is 0. The molecule has 110 valence electrons. The maximum atomic E-state index is 12.9. The Hall–Kier alpha value is -2.11. The third kappa shape index (κ3) is 3.94. The van der Waals surface area contributed by atoms with Crippen LogP contribution in [-0.2, 0) is 4.79 Å². The Morgan fingerprint density at radius 2 is 1.85 bits per heavy atom. The Kier molecular flexibility index (Phi) is 5.49. The number of halogens is 1. The molecule has 0 bridgehead atoms. The van der Waals surface area contributed by atoms with Crippen LogP contribution in [0.3, 0.4) is 0 Å². The Balaban J connectivity index is 2.80. The van der Waals surface area contributed by atoms with Gasteiger partial charge in [0.2, 0.25) is 5.91 Å². The van der Waals surface area contributed by atoms with Crippen molar-refractivity contribution in [2.45, 2.75) is 26.8 Å². The van der Waals surface area contributed by atoms with Gasteiger partial charge < -0.3 is 16.3 Å². The lowest BCUT2D eigenvalue weighted by Gasteiger charge is -2.22. The van der Waals surface area contributed by atoms with E-state index in [1.54, 1.807) is 19.1 Å². The second kappa shape index (κ2) is 6.88. The lowest BCUT2D eigenvalue weighted by atomic mass is 9.93. The van der Waals surface area contributed by atoms with E-state index in [2.05, 4.69) is 10.5 Å². The van der Waals surface area contributed by atoms with Gasteiger partial charge >= 0.3 is 0 Å². The van der Waals surface area contributed by atoms with Crippen molar-refractivity contribution in [1.29, 1.82) is 0 Å². The Labute approximate surface area is 117 Å². The van der Waals surface area contributed by atoms with Crippen LogP contribution in [0.5, 0.6) is 0 Å². The highest BCUT2D eigenvalue weighted by Gasteiger charge is 2.27. The van der Waals surface area contributed by atoms with Crippen molar-refractivity contribution >= 4 is 11.7 Å². The van der Waals surface area contributed by atoms with Gasteiger partial charge in [0.25, 0.3) is 0 Å². The molecule has 0 aliphatic carbocycles. The van der Waals surface area contributed by atoms with Crippen molar-refractivity contribution in [3.63, 3.8) is 0 Å². The zero-order valence-electron chi connectivity index (χ0n) is 11.8. The summed E-state index contributed by atoms with van der Waals surface area (Å²) in [4.78, 5) is 12.2. The molecule has 2 atom stereocenters. The van der Waals surface area contributed by atoms with Crippen molar-refractivity contribution in [2.24, 2.45) is 22.7 Å². The van der Waals surface area contributed by atoms with Crippen LogP contribution in [0.25, 0.3) is 0 Å². The van der Waals surface area contributed by atoms with E-state index in [1.807, 2.05) is 13.8 Å². The minimum absolute atomic E-state index is 0.105. The van der Waals surface area contributed by atoms with Gasteiger partial charge in [0.15, 0.2) is 5.84 Å². The van der Waals surface area contributed by atoms with E-state index in [9.17, 15) is 9.18 Å². The van der Waals surface area contributed by atoms with Crippen LogP contribution in [0.15, 0.2) is 29.4 Å². The number of nitrogens with one attached hydrogen (secondary N) is 1. The summed E-state index contributed by atoms with van der Waals surface area (Å²) in [5.74, 6) is -1.59. The molecule has 6 heteroatoms. The quantitative estimate of drug-likeness (QED) is 0.334. The summed E-state index contributed by atoms with van der Waals surface area (Å²) in [6.45, 7) is 5.41. The fourth-order valence-electron chi connectivity index (χ4n) is 1.98. The maximum Gasteiger partial charge on any atom is 0.231 e. The number of benzene rings is 1. The maximum absolute atomic E-state index is 12.9. The summed E-state index contributed by atoms with van der Waals surface area (Å²) >= 11 is 0. The van der Waals surface area contributed by atoms with Crippen molar-refractivity contribution in [2.75, 3.05) is 0 Å². The zero-order valence-corrected chi connectivity index (χ0v) is 11.8. The number of oxime groups is 1. The topological polar surface area (TPSA) is 87.7 Å². The minimum atomic E-state index is -0.706. The van der Waals surface area contributed by atoms with Crippen molar-refractivity contribution in [3.05, 3.63) is 35.6 Å². The summed E-state index contributed by atoms with van der Waals surface area (Å²) in [6, 6.07) is 5.58. The molecular weight excluding hydrogens is 261 g/mol. The Morgan fingerprint density at radius 3 is 2.30 bits per heavy atom. The van der Waals surface area contributed by atoms with Crippen molar-refractivity contribution < 1.29 is 14.4 Å². The van der Waals surface area contributed by atoms with Gasteiger partial charge in [-0.15, -0.1) is 0 Å². The van der Waals surface area contributed by atoms with Crippen LogP contribution < -0.4 is 11.1 Å². The first kappa shape index (κ1) is 15.9. The molecule has 0 spiro atoms. The summed E-state index contributed by atoms with van der Waals surface area (Å²) in [5, 5.41) is 14.4. The largest absolute Gasteiger partial charge is 0.409 e. The number of amides is 1. The van der Waals surface area contributed by atoms with Gasteiger partial charge in [0, 0.05) is 0 Å². The standard InChI is InChI=1S/C14H20FN3O2/c1-8(2)12(13(16)18-20)14(19)17-9(3)10-4-6-11(15)7-5-10/h4-9,12,20H,1-3H3,(H2,16,18)(H,17,19). The molecule has 1 aromatic rings. The van der Waals surface area contributed by atoms with E-state index >= 15 is 0 Å². The number of hydrogen-bond donors (Lipinski definition) is 3. The van der Waals surface area contributed by atoms with Crippen LogP contribution >= 0.6 is 0 Å². The molecule has 1 aromatic carbocycles. The number of carbonyl (C=O) groups excluding carboxylic acids is 1. The highest BCUT2D eigenvalue weighted by molar-refractivity contribution is 6.02. The van der Waals surface area contributed by atoms with Crippen LogP contribution in [0, 0.1) is 17.7 Å². The van der Waals surface area contributed by atoms with Gasteiger partial charge in [-0.25, -0.2) is 4.39 Å². The minimum Gasteiger partial charge on any atom is -0.409 e. The molecule has 0 heterocycles. The third-order valence-electron chi connectivity index (χ3n) is 3.11. The Bertz CT molecular complexity index is 486. The first-order valence-electron chi connectivity index (χ1n) is 6.40. The molecule has 20 heavy (non-hydrogen) atoms. The van der Waals surface area contributed by atoms with E-state index in [4.69, 9.17) is 10.9 Å². The van der Waals surface area contributed by atoms with Crippen molar-refractivity contribution in [1.82, 2.24) is 5.32 Å². The number of nitrogens with zero attached hydrogens (tertiary/aromatic N) is 1. The van der Waals surface area contributed by atoms with Gasteiger partial charge in [-0.05, 0) is 30.5 Å². The highest BCUT2D eigenvalue weighted by Crippen LogP contribution is 2.16. The number of hydrogen-bond acceptors (Lipinski definition) is 3. The van der Waals surface area contributed by atoms with Crippen LogP contribution in [0.4, 0.5) is 4.39 Å². The lowest BCUT2D eigenvalue weighted by Crippen LogP contribution is -2.42. The number of nitrogens with two attached hydrogens (primary N) is 1. The molecule has 1 rings (SSSR count).